The van der Waals surface area contributed by atoms with Gasteiger partial charge in [0.2, 0.25) is 0 Å². The van der Waals surface area contributed by atoms with E-state index in [1.807, 2.05) is 0 Å². The molecule has 1 heterocycles. The zero-order valence-electron chi connectivity index (χ0n) is 10.3. The Kier molecular flexibility index (Phi) is 4.07. The van der Waals surface area contributed by atoms with Crippen molar-refractivity contribution in [2.45, 2.75) is 44.4 Å². The fraction of sp³-hybridized carbons (Fsp3) is 0.615. The van der Waals surface area contributed by atoms with Crippen LogP contribution < -0.4 is 5.32 Å². The van der Waals surface area contributed by atoms with Gasteiger partial charge in [0.25, 0.3) is 0 Å². The van der Waals surface area contributed by atoms with E-state index in [0.717, 1.165) is 25.0 Å². The van der Waals surface area contributed by atoms with E-state index in [1.54, 1.807) is 13.2 Å². The number of ether oxygens (including phenoxy) is 1. The molecule has 0 bridgehead atoms. The van der Waals surface area contributed by atoms with Crippen LogP contribution >= 0.6 is 0 Å². The average Bonchev–Trinajstić information content (AvgIpc) is 2.29. The Morgan fingerprint density at radius 3 is 2.82 bits per heavy atom. The molecule has 1 aromatic heterocycles. The van der Waals surface area contributed by atoms with E-state index in [-0.39, 0.29) is 11.9 Å². The molecule has 1 N–H and O–H groups in total. The van der Waals surface area contributed by atoms with Gasteiger partial charge in [-0.05, 0) is 31.4 Å². The van der Waals surface area contributed by atoms with E-state index in [4.69, 9.17) is 4.74 Å². The monoisotopic (exact) mass is 238 g/mol. The minimum atomic E-state index is -0.285. The highest BCUT2D eigenvalue weighted by atomic mass is 19.1. The minimum Gasteiger partial charge on any atom is -0.381 e. The first-order valence-corrected chi connectivity index (χ1v) is 6.13. The second-order valence-electron chi connectivity index (χ2n) is 4.55. The number of methoxy groups -OCH3 is 1. The summed E-state index contributed by atoms with van der Waals surface area (Å²) in [7, 11) is 1.75. The third-order valence-corrected chi connectivity index (χ3v) is 3.38. The third kappa shape index (κ3) is 3.01. The van der Waals surface area contributed by atoms with Gasteiger partial charge in [-0.3, -0.25) is 4.98 Å². The summed E-state index contributed by atoms with van der Waals surface area (Å²) in [6.07, 6.45) is 4.72. The highest BCUT2D eigenvalue weighted by molar-refractivity contribution is 5.10. The van der Waals surface area contributed by atoms with E-state index >= 15 is 0 Å². The van der Waals surface area contributed by atoms with Gasteiger partial charge in [0.1, 0.15) is 5.82 Å². The molecule has 4 heteroatoms. The van der Waals surface area contributed by atoms with Gasteiger partial charge in [-0.1, -0.05) is 6.92 Å². The molecular weight excluding hydrogens is 219 g/mol. The minimum absolute atomic E-state index is 0.207. The van der Waals surface area contributed by atoms with Crippen molar-refractivity contribution in [1.82, 2.24) is 10.3 Å². The van der Waals surface area contributed by atoms with Gasteiger partial charge in [0, 0.05) is 19.2 Å². The molecule has 0 spiro atoms. The topological polar surface area (TPSA) is 34.1 Å². The first-order chi connectivity index (χ1) is 8.22. The summed E-state index contributed by atoms with van der Waals surface area (Å²) in [6, 6.07) is 3.92. The Balaban J connectivity index is 1.91. The third-order valence-electron chi connectivity index (χ3n) is 3.38. The molecule has 0 aliphatic heterocycles. The largest absolute Gasteiger partial charge is 0.381 e. The van der Waals surface area contributed by atoms with Crippen LogP contribution in [0.2, 0.25) is 0 Å². The molecule has 0 amide bonds. The lowest BCUT2D eigenvalue weighted by atomic mass is 9.88. The van der Waals surface area contributed by atoms with Gasteiger partial charge in [-0.15, -0.1) is 0 Å². The second kappa shape index (κ2) is 5.56. The predicted octanol–water partition coefficient (Wildman–Crippen LogP) is 2.44. The Morgan fingerprint density at radius 2 is 2.29 bits per heavy atom. The fourth-order valence-electron chi connectivity index (χ4n) is 2.18. The maximum atomic E-state index is 12.8. The van der Waals surface area contributed by atoms with Gasteiger partial charge in [-0.25, -0.2) is 4.39 Å². The van der Waals surface area contributed by atoms with Crippen molar-refractivity contribution >= 4 is 0 Å². The molecule has 1 atom stereocenters. The number of hydrogen-bond acceptors (Lipinski definition) is 3. The Morgan fingerprint density at radius 1 is 1.53 bits per heavy atom. The van der Waals surface area contributed by atoms with Crippen LogP contribution in [0.3, 0.4) is 0 Å². The summed E-state index contributed by atoms with van der Waals surface area (Å²) < 4.78 is 18.0. The molecule has 94 valence electrons. The standard InChI is InChI=1S/C13H19FN2O/c1-3-12(13-5-4-9(14)8-15-13)16-10-6-11(7-10)17-2/h4-5,8,10-12,16H,3,6-7H2,1-2H3. The molecule has 1 aliphatic rings. The summed E-state index contributed by atoms with van der Waals surface area (Å²) in [4.78, 5) is 4.13. The molecule has 1 aliphatic carbocycles. The average molecular weight is 238 g/mol. The number of pyridine rings is 1. The summed E-state index contributed by atoms with van der Waals surface area (Å²) in [5.74, 6) is -0.285. The molecule has 1 saturated carbocycles. The van der Waals surface area contributed by atoms with E-state index in [0.29, 0.717) is 12.1 Å². The summed E-state index contributed by atoms with van der Waals surface area (Å²) in [5.41, 5.74) is 0.912. The molecule has 1 aromatic rings. The Hall–Kier alpha value is -1.00. The molecule has 2 rings (SSSR count). The number of aromatic nitrogens is 1. The Bertz CT molecular complexity index is 349. The van der Waals surface area contributed by atoms with Crippen molar-refractivity contribution in [3.63, 3.8) is 0 Å². The van der Waals surface area contributed by atoms with Crippen molar-refractivity contribution in [3.8, 4) is 0 Å². The normalized spacial score (nSPS) is 25.4. The summed E-state index contributed by atoms with van der Waals surface area (Å²) in [6.45, 7) is 2.11. The highest BCUT2D eigenvalue weighted by Crippen LogP contribution is 2.26. The summed E-state index contributed by atoms with van der Waals surface area (Å²) in [5, 5.41) is 3.54. The van der Waals surface area contributed by atoms with Crippen LogP contribution in [-0.2, 0) is 4.74 Å². The zero-order valence-corrected chi connectivity index (χ0v) is 10.3. The number of rotatable bonds is 5. The quantitative estimate of drug-likeness (QED) is 0.855. The van der Waals surface area contributed by atoms with Crippen LogP contribution in [0, 0.1) is 5.82 Å². The lowest BCUT2D eigenvalue weighted by Gasteiger charge is -2.37. The van der Waals surface area contributed by atoms with E-state index < -0.39 is 0 Å². The molecule has 17 heavy (non-hydrogen) atoms. The van der Waals surface area contributed by atoms with Crippen molar-refractivity contribution in [2.24, 2.45) is 0 Å². The van der Waals surface area contributed by atoms with Crippen LogP contribution in [0.25, 0.3) is 0 Å². The van der Waals surface area contributed by atoms with Crippen LogP contribution in [0.5, 0.6) is 0 Å². The van der Waals surface area contributed by atoms with E-state index in [2.05, 4.69) is 17.2 Å². The first kappa shape index (κ1) is 12.5. The van der Waals surface area contributed by atoms with Crippen molar-refractivity contribution in [2.75, 3.05) is 7.11 Å². The van der Waals surface area contributed by atoms with Crippen LogP contribution in [0.1, 0.15) is 37.9 Å². The van der Waals surface area contributed by atoms with E-state index in [1.165, 1.54) is 12.3 Å². The van der Waals surface area contributed by atoms with Gasteiger partial charge in [-0.2, -0.15) is 0 Å². The van der Waals surface area contributed by atoms with Gasteiger partial charge >= 0.3 is 0 Å². The number of hydrogen-bond donors (Lipinski definition) is 1. The lowest BCUT2D eigenvalue weighted by molar-refractivity contribution is 0.0138. The van der Waals surface area contributed by atoms with Gasteiger partial charge < -0.3 is 10.1 Å². The molecular formula is C13H19FN2O. The van der Waals surface area contributed by atoms with Gasteiger partial charge in [0.05, 0.1) is 18.0 Å². The molecule has 0 radical (unpaired) electrons. The summed E-state index contributed by atoms with van der Waals surface area (Å²) >= 11 is 0. The van der Waals surface area contributed by atoms with Crippen LogP contribution in [0.4, 0.5) is 4.39 Å². The molecule has 3 nitrogen and oxygen atoms in total. The first-order valence-electron chi connectivity index (χ1n) is 6.13. The number of nitrogens with zero attached hydrogens (tertiary/aromatic N) is 1. The molecule has 1 unspecified atom stereocenters. The fourth-order valence-corrected chi connectivity index (χ4v) is 2.18. The smallest absolute Gasteiger partial charge is 0.141 e. The van der Waals surface area contributed by atoms with Crippen molar-refractivity contribution < 1.29 is 9.13 Å². The second-order valence-corrected chi connectivity index (χ2v) is 4.55. The number of halogens is 1. The molecule has 0 saturated heterocycles. The predicted molar refractivity (Wildman–Crippen MR) is 64.2 cm³/mol. The molecule has 0 aromatic carbocycles. The highest BCUT2D eigenvalue weighted by Gasteiger charge is 2.30. The Labute approximate surface area is 101 Å². The van der Waals surface area contributed by atoms with Crippen LogP contribution in [-0.4, -0.2) is 24.2 Å². The lowest BCUT2D eigenvalue weighted by Crippen LogP contribution is -2.46. The SMILES string of the molecule is CCC(NC1CC(OC)C1)c1ccc(F)cn1. The van der Waals surface area contributed by atoms with Crippen molar-refractivity contribution in [3.05, 3.63) is 29.8 Å². The van der Waals surface area contributed by atoms with E-state index in [9.17, 15) is 4.39 Å². The number of nitrogens with one attached hydrogen (secondary N) is 1. The van der Waals surface area contributed by atoms with Gasteiger partial charge in [0.15, 0.2) is 0 Å². The van der Waals surface area contributed by atoms with Crippen LogP contribution in [0.15, 0.2) is 18.3 Å². The van der Waals surface area contributed by atoms with Crippen molar-refractivity contribution in [1.29, 1.82) is 0 Å². The maximum Gasteiger partial charge on any atom is 0.141 e. The zero-order chi connectivity index (χ0) is 12.3. The molecule has 1 fully saturated rings. The maximum absolute atomic E-state index is 12.8.